The Kier molecular flexibility index (Phi) is 5.19. The lowest BCUT2D eigenvalue weighted by atomic mass is 9.97. The van der Waals surface area contributed by atoms with Crippen LogP contribution in [0.25, 0.3) is 0 Å². The van der Waals surface area contributed by atoms with Crippen molar-refractivity contribution in [2.24, 2.45) is 0 Å². The summed E-state index contributed by atoms with van der Waals surface area (Å²) in [4.78, 5) is 6.94. The highest BCUT2D eigenvalue weighted by molar-refractivity contribution is 5.13. The van der Waals surface area contributed by atoms with Crippen LogP contribution in [0.2, 0.25) is 0 Å². The van der Waals surface area contributed by atoms with Crippen molar-refractivity contribution >= 4 is 0 Å². The Hall–Kier alpha value is -1.72. The summed E-state index contributed by atoms with van der Waals surface area (Å²) in [5.74, 6) is 2.32. The van der Waals surface area contributed by atoms with Gasteiger partial charge in [0, 0.05) is 19.0 Å². The standard InChI is InChI=1S/C17H24N4O/c1-14-18-17(20-19-14)16-8-5-9-21(12-16)10-11-22-13-15-6-3-2-4-7-15/h2-4,6-7,16H,5,8-13H2,1H3,(H,18,19,20). The van der Waals surface area contributed by atoms with Crippen molar-refractivity contribution in [2.75, 3.05) is 26.2 Å². The van der Waals surface area contributed by atoms with E-state index in [2.05, 4.69) is 32.2 Å². The van der Waals surface area contributed by atoms with Gasteiger partial charge in [-0.25, -0.2) is 4.98 Å². The second-order valence-corrected chi connectivity index (χ2v) is 5.96. The zero-order chi connectivity index (χ0) is 15.2. The van der Waals surface area contributed by atoms with Gasteiger partial charge >= 0.3 is 0 Å². The molecule has 1 aliphatic heterocycles. The Morgan fingerprint density at radius 3 is 2.95 bits per heavy atom. The molecule has 0 amide bonds. The average molecular weight is 300 g/mol. The lowest BCUT2D eigenvalue weighted by Gasteiger charge is -2.31. The number of nitrogens with zero attached hydrogens (tertiary/aromatic N) is 3. The minimum absolute atomic E-state index is 0.452. The van der Waals surface area contributed by atoms with E-state index < -0.39 is 0 Å². The summed E-state index contributed by atoms with van der Waals surface area (Å²) < 4.78 is 5.79. The molecule has 0 saturated carbocycles. The van der Waals surface area contributed by atoms with Crippen LogP contribution in [0.15, 0.2) is 30.3 Å². The summed E-state index contributed by atoms with van der Waals surface area (Å²) in [5, 5.41) is 7.26. The molecule has 2 aromatic rings. The number of H-pyrrole nitrogens is 1. The summed E-state index contributed by atoms with van der Waals surface area (Å²) in [6.07, 6.45) is 2.38. The first-order valence-electron chi connectivity index (χ1n) is 8.04. The third kappa shape index (κ3) is 4.15. The fraction of sp³-hybridized carbons (Fsp3) is 0.529. The number of rotatable bonds is 6. The van der Waals surface area contributed by atoms with Crippen LogP contribution >= 0.6 is 0 Å². The van der Waals surface area contributed by atoms with Gasteiger partial charge in [-0.15, -0.1) is 0 Å². The van der Waals surface area contributed by atoms with Gasteiger partial charge in [0.15, 0.2) is 5.82 Å². The summed E-state index contributed by atoms with van der Waals surface area (Å²) in [5.41, 5.74) is 1.23. The molecule has 1 unspecified atom stereocenters. The molecule has 5 nitrogen and oxygen atoms in total. The Balaban J connectivity index is 1.41. The number of likely N-dealkylation sites (tertiary alicyclic amines) is 1. The molecule has 1 saturated heterocycles. The lowest BCUT2D eigenvalue weighted by molar-refractivity contribution is 0.0824. The van der Waals surface area contributed by atoms with Gasteiger partial charge < -0.3 is 9.64 Å². The minimum atomic E-state index is 0.452. The van der Waals surface area contributed by atoms with E-state index in [1.54, 1.807) is 0 Å². The molecule has 0 radical (unpaired) electrons. The number of piperidine rings is 1. The van der Waals surface area contributed by atoms with Gasteiger partial charge in [-0.3, -0.25) is 5.10 Å². The molecule has 22 heavy (non-hydrogen) atoms. The molecule has 5 heteroatoms. The van der Waals surface area contributed by atoms with E-state index >= 15 is 0 Å². The van der Waals surface area contributed by atoms with Crippen LogP contribution in [0.5, 0.6) is 0 Å². The fourth-order valence-corrected chi connectivity index (χ4v) is 2.97. The Morgan fingerprint density at radius 2 is 2.18 bits per heavy atom. The normalized spacial score (nSPS) is 19.4. The quantitative estimate of drug-likeness (QED) is 0.833. The molecule has 1 N–H and O–H groups in total. The van der Waals surface area contributed by atoms with Crippen molar-refractivity contribution in [3.8, 4) is 0 Å². The zero-order valence-corrected chi connectivity index (χ0v) is 13.2. The van der Waals surface area contributed by atoms with Gasteiger partial charge in [0.2, 0.25) is 0 Å². The van der Waals surface area contributed by atoms with E-state index in [0.29, 0.717) is 12.5 Å². The number of benzene rings is 1. The summed E-state index contributed by atoms with van der Waals surface area (Å²) in [6.45, 7) is 6.58. The largest absolute Gasteiger partial charge is 0.375 e. The van der Waals surface area contributed by atoms with Gasteiger partial charge in [0.05, 0.1) is 13.2 Å². The van der Waals surface area contributed by atoms with Crippen molar-refractivity contribution in [2.45, 2.75) is 32.3 Å². The molecular formula is C17H24N4O. The second-order valence-electron chi connectivity index (χ2n) is 5.96. The van der Waals surface area contributed by atoms with Crippen LogP contribution in [0.3, 0.4) is 0 Å². The first-order valence-corrected chi connectivity index (χ1v) is 8.04. The SMILES string of the molecule is Cc1nc(C2CCCN(CCOCc3ccccc3)C2)n[nH]1. The third-order valence-corrected chi connectivity index (χ3v) is 4.15. The molecular weight excluding hydrogens is 276 g/mol. The molecule has 0 spiro atoms. The number of aromatic nitrogens is 3. The molecule has 0 aliphatic carbocycles. The number of aromatic amines is 1. The van der Waals surface area contributed by atoms with Crippen molar-refractivity contribution in [1.29, 1.82) is 0 Å². The molecule has 1 fully saturated rings. The van der Waals surface area contributed by atoms with Gasteiger partial charge in [0.25, 0.3) is 0 Å². The van der Waals surface area contributed by atoms with Gasteiger partial charge in [0.1, 0.15) is 5.82 Å². The fourth-order valence-electron chi connectivity index (χ4n) is 2.97. The highest BCUT2D eigenvalue weighted by atomic mass is 16.5. The third-order valence-electron chi connectivity index (χ3n) is 4.15. The first kappa shape index (κ1) is 15.2. The van der Waals surface area contributed by atoms with Crippen LogP contribution in [-0.4, -0.2) is 46.3 Å². The van der Waals surface area contributed by atoms with E-state index in [-0.39, 0.29) is 0 Å². The van der Waals surface area contributed by atoms with Crippen LogP contribution in [0.1, 0.15) is 36.0 Å². The molecule has 118 valence electrons. The van der Waals surface area contributed by atoms with Gasteiger partial charge in [-0.1, -0.05) is 30.3 Å². The number of nitrogens with one attached hydrogen (secondary N) is 1. The predicted octanol–water partition coefficient (Wildman–Crippen LogP) is 2.51. The molecule has 1 aromatic heterocycles. The number of hydrogen-bond donors (Lipinski definition) is 1. The highest BCUT2D eigenvalue weighted by Gasteiger charge is 2.23. The Morgan fingerprint density at radius 1 is 1.32 bits per heavy atom. The van der Waals surface area contributed by atoms with E-state index in [9.17, 15) is 0 Å². The molecule has 1 atom stereocenters. The monoisotopic (exact) mass is 300 g/mol. The first-order chi connectivity index (χ1) is 10.8. The van der Waals surface area contributed by atoms with Crippen LogP contribution < -0.4 is 0 Å². The number of hydrogen-bond acceptors (Lipinski definition) is 4. The van der Waals surface area contributed by atoms with E-state index in [1.165, 1.54) is 18.4 Å². The topological polar surface area (TPSA) is 54.0 Å². The second kappa shape index (κ2) is 7.51. The van der Waals surface area contributed by atoms with E-state index in [0.717, 1.165) is 37.9 Å². The molecule has 1 aliphatic rings. The molecule has 2 heterocycles. The van der Waals surface area contributed by atoms with Gasteiger partial charge in [-0.2, -0.15) is 5.10 Å². The van der Waals surface area contributed by atoms with Crippen molar-refractivity contribution in [1.82, 2.24) is 20.1 Å². The highest BCUT2D eigenvalue weighted by Crippen LogP contribution is 2.24. The van der Waals surface area contributed by atoms with Crippen LogP contribution in [0.4, 0.5) is 0 Å². The molecule has 1 aromatic carbocycles. The maximum Gasteiger partial charge on any atom is 0.155 e. The van der Waals surface area contributed by atoms with Crippen LogP contribution in [0, 0.1) is 6.92 Å². The zero-order valence-electron chi connectivity index (χ0n) is 13.2. The summed E-state index contributed by atoms with van der Waals surface area (Å²) >= 11 is 0. The van der Waals surface area contributed by atoms with Crippen molar-refractivity contribution in [3.05, 3.63) is 47.5 Å². The van der Waals surface area contributed by atoms with Gasteiger partial charge in [-0.05, 0) is 31.9 Å². The van der Waals surface area contributed by atoms with Crippen molar-refractivity contribution in [3.63, 3.8) is 0 Å². The minimum Gasteiger partial charge on any atom is -0.375 e. The predicted molar refractivity (Wildman–Crippen MR) is 85.6 cm³/mol. The van der Waals surface area contributed by atoms with Crippen molar-refractivity contribution < 1.29 is 4.74 Å². The van der Waals surface area contributed by atoms with Crippen LogP contribution in [-0.2, 0) is 11.3 Å². The molecule has 3 rings (SSSR count). The summed E-state index contributed by atoms with van der Waals surface area (Å²) in [7, 11) is 0. The maximum atomic E-state index is 5.79. The van der Waals surface area contributed by atoms with E-state index in [1.807, 2.05) is 25.1 Å². The number of aryl methyl sites for hydroxylation is 1. The number of ether oxygens (including phenoxy) is 1. The molecule has 0 bridgehead atoms. The summed E-state index contributed by atoms with van der Waals surface area (Å²) in [6, 6.07) is 10.3. The Bertz CT molecular complexity index is 569. The lowest BCUT2D eigenvalue weighted by Crippen LogP contribution is -2.37. The maximum absolute atomic E-state index is 5.79. The van der Waals surface area contributed by atoms with E-state index in [4.69, 9.17) is 4.74 Å². The smallest absolute Gasteiger partial charge is 0.155 e. The Labute approximate surface area is 131 Å². The average Bonchev–Trinajstić information content (AvgIpc) is 3.00.